The molecule has 0 spiro atoms. The van der Waals surface area contributed by atoms with Gasteiger partial charge in [0.1, 0.15) is 0 Å². The molecule has 0 unspecified atom stereocenters. The van der Waals surface area contributed by atoms with Crippen LogP contribution in [-0.4, -0.2) is 5.84 Å². The lowest BCUT2D eigenvalue weighted by Gasteiger charge is -1.89. The van der Waals surface area contributed by atoms with Crippen molar-refractivity contribution in [1.29, 1.82) is 5.41 Å². The molecule has 1 heterocycles. The van der Waals surface area contributed by atoms with Gasteiger partial charge in [-0.05, 0) is 11.6 Å². The van der Waals surface area contributed by atoms with Crippen molar-refractivity contribution >= 4 is 5.84 Å². The third-order valence-electron chi connectivity index (χ3n) is 0.975. The van der Waals surface area contributed by atoms with Crippen LogP contribution in [0.1, 0.15) is 5.56 Å². The summed E-state index contributed by atoms with van der Waals surface area (Å²) in [6, 6.07) is 1.79. The second-order valence-corrected chi connectivity index (χ2v) is 1.83. The Morgan fingerprint density at radius 2 is 2.56 bits per heavy atom. The van der Waals surface area contributed by atoms with Crippen LogP contribution in [0.3, 0.4) is 0 Å². The van der Waals surface area contributed by atoms with E-state index in [9.17, 15) is 0 Å². The molecule has 0 aliphatic rings. The van der Waals surface area contributed by atoms with Crippen molar-refractivity contribution in [2.45, 2.75) is 6.42 Å². The van der Waals surface area contributed by atoms with Crippen molar-refractivity contribution in [3.05, 3.63) is 24.2 Å². The fourth-order valence-corrected chi connectivity index (χ4v) is 0.613. The number of rotatable bonds is 2. The highest BCUT2D eigenvalue weighted by Gasteiger charge is 1.93. The molecule has 0 radical (unpaired) electrons. The minimum Gasteiger partial charge on any atom is -0.472 e. The van der Waals surface area contributed by atoms with Gasteiger partial charge in [0.2, 0.25) is 0 Å². The highest BCUT2D eigenvalue weighted by atomic mass is 16.3. The lowest BCUT2D eigenvalue weighted by Crippen LogP contribution is -2.11. The van der Waals surface area contributed by atoms with Gasteiger partial charge < -0.3 is 10.2 Å². The van der Waals surface area contributed by atoms with Crippen molar-refractivity contribution < 1.29 is 4.42 Å². The zero-order valence-electron chi connectivity index (χ0n) is 4.92. The van der Waals surface area contributed by atoms with Crippen molar-refractivity contribution in [2.24, 2.45) is 5.73 Å². The lowest BCUT2D eigenvalue weighted by molar-refractivity contribution is 0.565. The highest BCUT2D eigenvalue weighted by molar-refractivity contribution is 5.79. The Kier molecular flexibility index (Phi) is 1.53. The van der Waals surface area contributed by atoms with Gasteiger partial charge in [0.15, 0.2) is 0 Å². The minimum atomic E-state index is 0.163. The highest BCUT2D eigenvalue weighted by Crippen LogP contribution is 1.99. The quantitative estimate of drug-likeness (QED) is 0.451. The predicted octanol–water partition coefficient (Wildman–Crippen LogP) is 0.758. The average molecular weight is 124 g/mol. The van der Waals surface area contributed by atoms with Crippen LogP contribution in [0.5, 0.6) is 0 Å². The summed E-state index contributed by atoms with van der Waals surface area (Å²) < 4.78 is 4.76. The zero-order chi connectivity index (χ0) is 6.69. The van der Waals surface area contributed by atoms with E-state index < -0.39 is 0 Å². The summed E-state index contributed by atoms with van der Waals surface area (Å²) in [6.07, 6.45) is 3.64. The van der Waals surface area contributed by atoms with E-state index in [-0.39, 0.29) is 5.84 Å². The molecule has 0 aromatic carbocycles. The Balaban J connectivity index is 2.58. The van der Waals surface area contributed by atoms with Gasteiger partial charge in [-0.2, -0.15) is 0 Å². The molecular formula is C6H8N2O. The van der Waals surface area contributed by atoms with E-state index in [0.717, 1.165) is 5.56 Å². The summed E-state index contributed by atoms with van der Waals surface area (Å²) in [7, 11) is 0. The molecule has 0 saturated heterocycles. The van der Waals surface area contributed by atoms with Gasteiger partial charge in [-0.3, -0.25) is 5.41 Å². The molecule has 0 amide bonds. The Morgan fingerprint density at radius 1 is 1.78 bits per heavy atom. The molecule has 0 atom stereocenters. The van der Waals surface area contributed by atoms with Gasteiger partial charge in [0, 0.05) is 6.42 Å². The monoisotopic (exact) mass is 124 g/mol. The molecule has 1 aromatic heterocycles. The van der Waals surface area contributed by atoms with Gasteiger partial charge >= 0.3 is 0 Å². The first-order chi connectivity index (χ1) is 4.29. The molecular weight excluding hydrogens is 116 g/mol. The molecule has 9 heavy (non-hydrogen) atoms. The summed E-state index contributed by atoms with van der Waals surface area (Å²) in [4.78, 5) is 0. The second-order valence-electron chi connectivity index (χ2n) is 1.83. The first kappa shape index (κ1) is 5.88. The normalized spacial score (nSPS) is 9.33. The molecule has 1 rings (SSSR count). The molecule has 0 fully saturated rings. The number of hydrogen-bond acceptors (Lipinski definition) is 2. The molecule has 0 aliphatic heterocycles. The van der Waals surface area contributed by atoms with E-state index in [1.165, 1.54) is 0 Å². The Morgan fingerprint density at radius 3 is 3.00 bits per heavy atom. The van der Waals surface area contributed by atoms with Crippen LogP contribution in [0, 0.1) is 5.41 Å². The molecule has 48 valence electrons. The van der Waals surface area contributed by atoms with Gasteiger partial charge in [-0.15, -0.1) is 0 Å². The number of furan rings is 1. The maximum atomic E-state index is 6.91. The molecule has 3 N–H and O–H groups in total. The van der Waals surface area contributed by atoms with E-state index in [4.69, 9.17) is 15.6 Å². The van der Waals surface area contributed by atoms with Gasteiger partial charge in [-0.1, -0.05) is 0 Å². The lowest BCUT2D eigenvalue weighted by atomic mass is 10.2. The zero-order valence-corrected chi connectivity index (χ0v) is 4.92. The first-order valence-electron chi connectivity index (χ1n) is 2.63. The number of hydrogen-bond donors (Lipinski definition) is 2. The molecule has 0 aliphatic carbocycles. The molecule has 1 aromatic rings. The van der Waals surface area contributed by atoms with Crippen LogP contribution < -0.4 is 5.73 Å². The van der Waals surface area contributed by atoms with E-state index >= 15 is 0 Å². The summed E-state index contributed by atoms with van der Waals surface area (Å²) in [6.45, 7) is 0. The SMILES string of the molecule is N=C(N)Cc1ccoc1. The minimum absolute atomic E-state index is 0.163. The predicted molar refractivity (Wildman–Crippen MR) is 34.3 cm³/mol. The van der Waals surface area contributed by atoms with E-state index in [0.29, 0.717) is 6.42 Å². The maximum Gasteiger partial charge on any atom is 0.0951 e. The number of nitrogens with one attached hydrogen (secondary N) is 1. The summed E-state index contributed by atoms with van der Waals surface area (Å²) in [5.74, 6) is 0.163. The summed E-state index contributed by atoms with van der Waals surface area (Å²) in [5.41, 5.74) is 6.07. The second kappa shape index (κ2) is 2.35. The van der Waals surface area contributed by atoms with Crippen molar-refractivity contribution in [2.75, 3.05) is 0 Å². The topological polar surface area (TPSA) is 63.0 Å². The van der Waals surface area contributed by atoms with Crippen LogP contribution in [0.2, 0.25) is 0 Å². The number of amidine groups is 1. The number of nitrogens with two attached hydrogens (primary N) is 1. The fourth-order valence-electron chi connectivity index (χ4n) is 0.613. The van der Waals surface area contributed by atoms with Crippen molar-refractivity contribution in [3.8, 4) is 0 Å². The summed E-state index contributed by atoms with van der Waals surface area (Å²) >= 11 is 0. The van der Waals surface area contributed by atoms with Crippen molar-refractivity contribution in [3.63, 3.8) is 0 Å². The molecule has 0 saturated carbocycles. The Hall–Kier alpha value is -1.25. The Bertz CT molecular complexity index is 191. The Labute approximate surface area is 53.0 Å². The van der Waals surface area contributed by atoms with Crippen molar-refractivity contribution in [1.82, 2.24) is 0 Å². The van der Waals surface area contributed by atoms with Gasteiger partial charge in [0.05, 0.1) is 18.4 Å². The van der Waals surface area contributed by atoms with Crippen LogP contribution in [0.25, 0.3) is 0 Å². The van der Waals surface area contributed by atoms with Crippen LogP contribution >= 0.6 is 0 Å². The fraction of sp³-hybridized carbons (Fsp3) is 0.167. The van der Waals surface area contributed by atoms with Crippen LogP contribution in [0.15, 0.2) is 23.0 Å². The van der Waals surface area contributed by atoms with Crippen LogP contribution in [-0.2, 0) is 6.42 Å². The molecule has 0 bridgehead atoms. The van der Waals surface area contributed by atoms with E-state index in [1.807, 2.05) is 0 Å². The third-order valence-corrected chi connectivity index (χ3v) is 0.975. The largest absolute Gasteiger partial charge is 0.472 e. The maximum absolute atomic E-state index is 6.91. The molecule has 3 nitrogen and oxygen atoms in total. The van der Waals surface area contributed by atoms with Gasteiger partial charge in [-0.25, -0.2) is 0 Å². The van der Waals surface area contributed by atoms with Gasteiger partial charge in [0.25, 0.3) is 0 Å². The van der Waals surface area contributed by atoms with E-state index in [2.05, 4.69) is 0 Å². The smallest absolute Gasteiger partial charge is 0.0951 e. The van der Waals surface area contributed by atoms with Crippen LogP contribution in [0.4, 0.5) is 0 Å². The van der Waals surface area contributed by atoms with E-state index in [1.54, 1.807) is 18.6 Å². The standard InChI is InChI=1S/C6H8N2O/c7-6(8)3-5-1-2-9-4-5/h1-2,4H,3H2,(H3,7,8). The molecule has 3 heteroatoms. The average Bonchev–Trinajstić information content (AvgIpc) is 2.15. The third kappa shape index (κ3) is 1.60. The summed E-state index contributed by atoms with van der Waals surface area (Å²) in [5, 5.41) is 6.91. The first-order valence-corrected chi connectivity index (χ1v) is 2.63.